The maximum Gasteiger partial charge on any atom is 0.275 e. The molecular formula is C19H23BrFN2O2+. The number of carbonyl (C=O) groups is 1. The highest BCUT2D eigenvalue weighted by atomic mass is 79.9. The van der Waals surface area contributed by atoms with Crippen molar-refractivity contribution in [3.8, 4) is 5.75 Å². The molecule has 1 amide bonds. The van der Waals surface area contributed by atoms with Crippen molar-refractivity contribution in [1.82, 2.24) is 5.32 Å². The summed E-state index contributed by atoms with van der Waals surface area (Å²) in [5, 5.41) is 2.99. The monoisotopic (exact) mass is 409 g/mol. The Labute approximate surface area is 156 Å². The second-order valence-electron chi connectivity index (χ2n) is 6.12. The van der Waals surface area contributed by atoms with E-state index in [1.165, 1.54) is 13.2 Å². The minimum Gasteiger partial charge on any atom is -0.494 e. The number of nitrogens with one attached hydrogen (secondary N) is 2. The van der Waals surface area contributed by atoms with Crippen molar-refractivity contribution in [2.24, 2.45) is 0 Å². The van der Waals surface area contributed by atoms with Crippen LogP contribution in [0.5, 0.6) is 5.75 Å². The fraction of sp³-hybridized carbons (Fsp3) is 0.316. The topological polar surface area (TPSA) is 42.8 Å². The van der Waals surface area contributed by atoms with Crippen molar-refractivity contribution in [1.29, 1.82) is 0 Å². The van der Waals surface area contributed by atoms with Gasteiger partial charge in [-0.1, -0.05) is 28.1 Å². The van der Waals surface area contributed by atoms with Gasteiger partial charge in [0.15, 0.2) is 18.1 Å². The second kappa shape index (κ2) is 8.97. The summed E-state index contributed by atoms with van der Waals surface area (Å²) in [6, 6.07) is 12.7. The highest BCUT2D eigenvalue weighted by molar-refractivity contribution is 9.10. The van der Waals surface area contributed by atoms with E-state index in [9.17, 15) is 9.18 Å². The molecule has 4 nitrogen and oxygen atoms in total. The van der Waals surface area contributed by atoms with Crippen molar-refractivity contribution >= 4 is 21.8 Å². The fourth-order valence-corrected chi connectivity index (χ4v) is 2.90. The fourth-order valence-electron chi connectivity index (χ4n) is 2.63. The summed E-state index contributed by atoms with van der Waals surface area (Å²) in [5.74, 6) is -0.203. The van der Waals surface area contributed by atoms with Gasteiger partial charge in [-0.05, 0) is 42.8 Å². The smallest absolute Gasteiger partial charge is 0.275 e. The Morgan fingerprint density at radius 1 is 1.28 bits per heavy atom. The Balaban J connectivity index is 1.87. The second-order valence-corrected chi connectivity index (χ2v) is 7.04. The molecule has 0 fully saturated rings. The van der Waals surface area contributed by atoms with Crippen LogP contribution in [0.4, 0.5) is 4.39 Å². The maximum atomic E-state index is 13.7. The molecule has 2 aromatic carbocycles. The summed E-state index contributed by atoms with van der Waals surface area (Å²) in [4.78, 5) is 13.2. The molecule has 0 aromatic heterocycles. The number of hydrogen-bond donors (Lipinski definition) is 2. The van der Waals surface area contributed by atoms with Gasteiger partial charge < -0.3 is 15.0 Å². The third-order valence-electron chi connectivity index (χ3n) is 3.93. The average molecular weight is 410 g/mol. The van der Waals surface area contributed by atoms with Gasteiger partial charge in [-0.25, -0.2) is 4.39 Å². The lowest BCUT2D eigenvalue weighted by molar-refractivity contribution is -0.885. The number of hydrogen-bond acceptors (Lipinski definition) is 2. The number of likely N-dealkylation sites (N-methyl/N-ethyl adjacent to an activating group) is 1. The molecule has 0 aliphatic rings. The molecule has 6 heteroatoms. The van der Waals surface area contributed by atoms with E-state index in [2.05, 4.69) is 21.2 Å². The first kappa shape index (κ1) is 19.4. The predicted molar refractivity (Wildman–Crippen MR) is 99.1 cm³/mol. The molecule has 0 radical (unpaired) electrons. The van der Waals surface area contributed by atoms with Crippen LogP contribution in [-0.4, -0.2) is 26.6 Å². The normalized spacial score (nSPS) is 13.2. The highest BCUT2D eigenvalue weighted by Gasteiger charge is 2.15. The van der Waals surface area contributed by atoms with Gasteiger partial charge in [0, 0.05) is 10.0 Å². The van der Waals surface area contributed by atoms with Crippen LogP contribution < -0.4 is 15.0 Å². The van der Waals surface area contributed by atoms with Crippen molar-refractivity contribution in [2.75, 3.05) is 20.7 Å². The van der Waals surface area contributed by atoms with E-state index >= 15 is 0 Å². The zero-order chi connectivity index (χ0) is 18.4. The van der Waals surface area contributed by atoms with Crippen molar-refractivity contribution < 1.29 is 18.8 Å². The first-order chi connectivity index (χ1) is 11.9. The van der Waals surface area contributed by atoms with Crippen LogP contribution in [0.3, 0.4) is 0 Å². The molecule has 134 valence electrons. The largest absolute Gasteiger partial charge is 0.494 e. The summed E-state index contributed by atoms with van der Waals surface area (Å²) in [6.07, 6.45) is 0. The predicted octanol–water partition coefficient (Wildman–Crippen LogP) is 2.49. The molecule has 0 aliphatic carbocycles. The number of rotatable bonds is 7. The molecule has 0 aliphatic heterocycles. The van der Waals surface area contributed by atoms with Crippen molar-refractivity contribution in [2.45, 2.75) is 19.5 Å². The molecule has 0 saturated carbocycles. The molecule has 2 aromatic rings. The average Bonchev–Trinajstić information content (AvgIpc) is 2.55. The van der Waals surface area contributed by atoms with Crippen LogP contribution in [0.25, 0.3) is 0 Å². The summed E-state index contributed by atoms with van der Waals surface area (Å²) >= 11 is 3.40. The van der Waals surface area contributed by atoms with Crippen molar-refractivity contribution in [3.05, 3.63) is 63.9 Å². The number of methoxy groups -OCH3 is 1. The number of halogens is 2. The van der Waals surface area contributed by atoms with Crippen LogP contribution in [-0.2, 0) is 11.3 Å². The molecule has 0 saturated heterocycles. The Kier molecular flexibility index (Phi) is 6.96. The number of ether oxygens (including phenoxy) is 1. The standard InChI is InChI=1S/C19H22BrFN2O2/c1-13(15-5-7-16(20)8-6-15)22-19(24)12-23(2)11-14-4-9-18(25-3)17(21)10-14/h4-10,13H,11-12H2,1-3H3,(H,22,24)/p+1/t13-/m0/s1. The lowest BCUT2D eigenvalue weighted by Gasteiger charge is -2.18. The Morgan fingerprint density at radius 2 is 1.96 bits per heavy atom. The molecule has 2 N–H and O–H groups in total. The summed E-state index contributed by atoms with van der Waals surface area (Å²) in [6.45, 7) is 2.82. The van der Waals surface area contributed by atoms with Gasteiger partial charge in [-0.3, -0.25) is 4.79 Å². The molecular weight excluding hydrogens is 387 g/mol. The van der Waals surface area contributed by atoms with E-state index in [-0.39, 0.29) is 23.5 Å². The van der Waals surface area contributed by atoms with E-state index in [0.717, 1.165) is 20.5 Å². The quantitative estimate of drug-likeness (QED) is 0.737. The van der Waals surface area contributed by atoms with E-state index in [1.54, 1.807) is 6.07 Å². The van der Waals surface area contributed by atoms with Crippen molar-refractivity contribution in [3.63, 3.8) is 0 Å². The Morgan fingerprint density at radius 3 is 2.56 bits per heavy atom. The van der Waals surface area contributed by atoms with E-state index in [1.807, 2.05) is 44.3 Å². The van der Waals surface area contributed by atoms with E-state index in [0.29, 0.717) is 13.1 Å². The molecule has 0 spiro atoms. The van der Waals surface area contributed by atoms with Gasteiger partial charge in [-0.2, -0.15) is 0 Å². The van der Waals surface area contributed by atoms with Crippen LogP contribution in [0.1, 0.15) is 24.1 Å². The third-order valence-corrected chi connectivity index (χ3v) is 4.46. The lowest BCUT2D eigenvalue weighted by Crippen LogP contribution is -3.08. The molecule has 1 unspecified atom stereocenters. The first-order valence-electron chi connectivity index (χ1n) is 8.07. The molecule has 2 rings (SSSR count). The van der Waals surface area contributed by atoms with Gasteiger partial charge in [0.1, 0.15) is 6.54 Å². The minimum atomic E-state index is -0.388. The molecule has 0 heterocycles. The van der Waals surface area contributed by atoms with E-state index < -0.39 is 0 Å². The number of quaternary nitrogens is 1. The van der Waals surface area contributed by atoms with Gasteiger partial charge in [-0.15, -0.1) is 0 Å². The number of benzene rings is 2. The van der Waals surface area contributed by atoms with Crippen LogP contribution in [0.15, 0.2) is 46.9 Å². The minimum absolute atomic E-state index is 0.0399. The Hall–Kier alpha value is -1.92. The molecule has 25 heavy (non-hydrogen) atoms. The number of amides is 1. The number of carbonyl (C=O) groups excluding carboxylic acids is 1. The van der Waals surface area contributed by atoms with Gasteiger partial charge in [0.25, 0.3) is 5.91 Å². The van der Waals surface area contributed by atoms with Gasteiger partial charge in [0.05, 0.1) is 20.2 Å². The van der Waals surface area contributed by atoms with Crippen LogP contribution in [0, 0.1) is 5.82 Å². The lowest BCUT2D eigenvalue weighted by atomic mass is 10.1. The van der Waals surface area contributed by atoms with Crippen LogP contribution >= 0.6 is 15.9 Å². The Bertz CT molecular complexity index is 722. The van der Waals surface area contributed by atoms with E-state index in [4.69, 9.17) is 4.74 Å². The summed E-state index contributed by atoms with van der Waals surface area (Å²) in [5.41, 5.74) is 1.87. The summed E-state index contributed by atoms with van der Waals surface area (Å²) in [7, 11) is 3.35. The zero-order valence-corrected chi connectivity index (χ0v) is 16.2. The zero-order valence-electron chi connectivity index (χ0n) is 14.6. The van der Waals surface area contributed by atoms with Gasteiger partial charge >= 0.3 is 0 Å². The third kappa shape index (κ3) is 5.83. The SMILES string of the molecule is COc1ccc(C[NH+](C)CC(=O)N[C@@H](C)c2ccc(Br)cc2)cc1F. The van der Waals surface area contributed by atoms with Crippen LogP contribution in [0.2, 0.25) is 0 Å². The maximum absolute atomic E-state index is 13.7. The summed E-state index contributed by atoms with van der Waals surface area (Å²) < 4.78 is 19.7. The molecule has 2 atom stereocenters. The van der Waals surface area contributed by atoms with Gasteiger partial charge in [0.2, 0.25) is 0 Å². The molecule has 0 bridgehead atoms. The first-order valence-corrected chi connectivity index (χ1v) is 8.87. The highest BCUT2D eigenvalue weighted by Crippen LogP contribution is 2.17.